The number of aromatic nitrogens is 2. The smallest absolute Gasteiger partial charge is 0.198 e. The van der Waals surface area contributed by atoms with Crippen LogP contribution in [0.1, 0.15) is 11.1 Å². The molecule has 0 aliphatic heterocycles. The van der Waals surface area contributed by atoms with Crippen molar-refractivity contribution in [3.05, 3.63) is 40.3 Å². The van der Waals surface area contributed by atoms with Crippen LogP contribution < -0.4 is 15.2 Å². The van der Waals surface area contributed by atoms with Crippen LogP contribution in [0.15, 0.2) is 24.4 Å². The van der Waals surface area contributed by atoms with Crippen molar-refractivity contribution in [1.29, 1.82) is 0 Å². The maximum Gasteiger partial charge on any atom is 0.198 e. The van der Waals surface area contributed by atoms with E-state index in [4.69, 9.17) is 27.4 Å². The normalized spacial score (nSPS) is 10.2. The van der Waals surface area contributed by atoms with E-state index in [-0.39, 0.29) is 0 Å². The van der Waals surface area contributed by atoms with E-state index in [0.29, 0.717) is 28.5 Å². The summed E-state index contributed by atoms with van der Waals surface area (Å²) in [5, 5.41) is 0. The number of nitrogen functional groups attached to an aromatic ring is 1. The lowest BCUT2D eigenvalue weighted by atomic mass is 10.1. The molecule has 0 bridgehead atoms. The number of benzene rings is 1. The molecule has 2 aromatic rings. The molecule has 0 aliphatic carbocycles. The average Bonchev–Trinajstić information content (AvgIpc) is 2.41. The van der Waals surface area contributed by atoms with Gasteiger partial charge >= 0.3 is 0 Å². The lowest BCUT2D eigenvalue weighted by Gasteiger charge is -2.10. The molecule has 3 N–H and O–H groups in total. The standard InChI is InChI=1S/C13H15N3O2S/c1-17-10-4-3-8(6-11(10)18-2)5-9-7-15-13(19)16-12(9)14/h3-4,6-7H,5H2,1-2H3,(H3,14,15,16,19). The van der Waals surface area contributed by atoms with E-state index < -0.39 is 0 Å². The van der Waals surface area contributed by atoms with Crippen LogP contribution in [0.5, 0.6) is 11.5 Å². The van der Waals surface area contributed by atoms with Gasteiger partial charge in [0.25, 0.3) is 0 Å². The van der Waals surface area contributed by atoms with Crippen molar-refractivity contribution >= 4 is 18.0 Å². The number of methoxy groups -OCH3 is 2. The summed E-state index contributed by atoms with van der Waals surface area (Å²) in [7, 11) is 3.22. The van der Waals surface area contributed by atoms with Crippen LogP contribution >= 0.6 is 12.2 Å². The molecule has 100 valence electrons. The molecule has 0 aliphatic rings. The minimum atomic E-state index is 0.383. The summed E-state index contributed by atoms with van der Waals surface area (Å²) in [6.07, 6.45) is 2.33. The number of nitrogens with two attached hydrogens (primary N) is 1. The molecule has 2 rings (SSSR count). The molecule has 1 aromatic heterocycles. The predicted molar refractivity (Wildman–Crippen MR) is 76.2 cm³/mol. The fourth-order valence-corrected chi connectivity index (χ4v) is 1.95. The Balaban J connectivity index is 2.30. The molecular weight excluding hydrogens is 262 g/mol. The Morgan fingerprint density at radius 3 is 2.63 bits per heavy atom. The van der Waals surface area contributed by atoms with E-state index >= 15 is 0 Å². The molecule has 0 fully saturated rings. The van der Waals surface area contributed by atoms with Gasteiger partial charge in [-0.3, -0.25) is 0 Å². The molecular formula is C13H15N3O2S. The minimum absolute atomic E-state index is 0.383. The van der Waals surface area contributed by atoms with Crippen LogP contribution in [-0.2, 0) is 6.42 Å². The Kier molecular flexibility index (Phi) is 4.01. The van der Waals surface area contributed by atoms with Crippen molar-refractivity contribution in [2.45, 2.75) is 6.42 Å². The van der Waals surface area contributed by atoms with Gasteiger partial charge in [0.05, 0.1) is 14.2 Å². The van der Waals surface area contributed by atoms with Gasteiger partial charge in [-0.05, 0) is 29.9 Å². The summed E-state index contributed by atoms with van der Waals surface area (Å²) in [4.78, 5) is 6.87. The van der Waals surface area contributed by atoms with Crippen molar-refractivity contribution in [2.24, 2.45) is 0 Å². The van der Waals surface area contributed by atoms with Gasteiger partial charge in [-0.15, -0.1) is 0 Å². The number of ether oxygens (including phenoxy) is 2. The molecule has 0 saturated carbocycles. The second-order valence-corrected chi connectivity index (χ2v) is 4.38. The molecule has 0 unspecified atom stereocenters. The first-order chi connectivity index (χ1) is 9.13. The lowest BCUT2D eigenvalue weighted by Crippen LogP contribution is -2.01. The fourth-order valence-electron chi connectivity index (χ4n) is 1.79. The number of H-pyrrole nitrogens is 1. The number of nitrogens with one attached hydrogen (secondary N) is 1. The third kappa shape index (κ3) is 3.03. The monoisotopic (exact) mass is 277 g/mol. The maximum absolute atomic E-state index is 5.88. The molecule has 6 heteroatoms. The third-order valence-electron chi connectivity index (χ3n) is 2.77. The van der Waals surface area contributed by atoms with Gasteiger partial charge in [0, 0.05) is 18.2 Å². The number of nitrogens with zero attached hydrogens (tertiary/aromatic N) is 1. The number of rotatable bonds is 4. The topological polar surface area (TPSA) is 73.2 Å². The zero-order valence-electron chi connectivity index (χ0n) is 10.8. The Morgan fingerprint density at radius 1 is 1.26 bits per heavy atom. The van der Waals surface area contributed by atoms with Crippen LogP contribution in [0.3, 0.4) is 0 Å². The van der Waals surface area contributed by atoms with E-state index in [9.17, 15) is 0 Å². The number of hydrogen-bond acceptors (Lipinski definition) is 5. The van der Waals surface area contributed by atoms with Crippen molar-refractivity contribution in [2.75, 3.05) is 20.0 Å². The van der Waals surface area contributed by atoms with Crippen LogP contribution in [0.25, 0.3) is 0 Å². The van der Waals surface area contributed by atoms with Crippen molar-refractivity contribution in [3.8, 4) is 11.5 Å². The second kappa shape index (κ2) is 5.71. The largest absolute Gasteiger partial charge is 0.493 e. The Labute approximate surface area is 116 Å². The van der Waals surface area contributed by atoms with Crippen LogP contribution in [0, 0.1) is 4.77 Å². The molecule has 0 amide bonds. The Hall–Kier alpha value is -2.08. The number of aromatic amines is 1. The number of anilines is 1. The third-order valence-corrected chi connectivity index (χ3v) is 2.98. The quantitative estimate of drug-likeness (QED) is 0.839. The van der Waals surface area contributed by atoms with Crippen molar-refractivity contribution in [1.82, 2.24) is 9.97 Å². The minimum Gasteiger partial charge on any atom is -0.493 e. The van der Waals surface area contributed by atoms with Gasteiger partial charge in [-0.1, -0.05) is 6.07 Å². The molecule has 0 spiro atoms. The van der Waals surface area contributed by atoms with Gasteiger partial charge < -0.3 is 20.2 Å². The molecule has 0 saturated heterocycles. The van der Waals surface area contributed by atoms with Gasteiger partial charge in [-0.25, -0.2) is 4.98 Å². The van der Waals surface area contributed by atoms with E-state index in [1.165, 1.54) is 0 Å². The van der Waals surface area contributed by atoms with Gasteiger partial charge in [-0.2, -0.15) is 0 Å². The first-order valence-corrected chi connectivity index (χ1v) is 6.09. The lowest BCUT2D eigenvalue weighted by molar-refractivity contribution is 0.354. The first-order valence-electron chi connectivity index (χ1n) is 5.68. The first kappa shape index (κ1) is 13.4. The maximum atomic E-state index is 5.88. The molecule has 1 aromatic carbocycles. The summed E-state index contributed by atoms with van der Waals surface area (Å²) >= 11 is 4.91. The van der Waals surface area contributed by atoms with Gasteiger partial charge in [0.2, 0.25) is 0 Å². The van der Waals surface area contributed by atoms with Crippen molar-refractivity contribution < 1.29 is 9.47 Å². The highest BCUT2D eigenvalue weighted by Gasteiger charge is 2.07. The van der Waals surface area contributed by atoms with Gasteiger partial charge in [0.15, 0.2) is 16.3 Å². The van der Waals surface area contributed by atoms with Crippen LogP contribution in [-0.4, -0.2) is 24.2 Å². The summed E-state index contributed by atoms with van der Waals surface area (Å²) in [5.74, 6) is 1.93. The average molecular weight is 277 g/mol. The zero-order chi connectivity index (χ0) is 13.8. The Bertz CT molecular complexity index is 640. The predicted octanol–water partition coefficient (Wildman–Crippen LogP) is 2.33. The SMILES string of the molecule is COc1ccc(Cc2cnc(=S)[nH]c2N)cc1OC. The van der Waals surface area contributed by atoms with Crippen molar-refractivity contribution in [3.63, 3.8) is 0 Å². The summed E-state index contributed by atoms with van der Waals surface area (Å²) in [5.41, 5.74) is 7.82. The summed E-state index contributed by atoms with van der Waals surface area (Å²) < 4.78 is 10.8. The highest BCUT2D eigenvalue weighted by atomic mass is 32.1. The fraction of sp³-hybridized carbons (Fsp3) is 0.231. The number of hydrogen-bond donors (Lipinski definition) is 2. The molecule has 5 nitrogen and oxygen atoms in total. The molecule has 19 heavy (non-hydrogen) atoms. The van der Waals surface area contributed by atoms with E-state index in [1.54, 1.807) is 20.4 Å². The van der Waals surface area contributed by atoms with Crippen LogP contribution in [0.2, 0.25) is 0 Å². The highest BCUT2D eigenvalue weighted by molar-refractivity contribution is 7.71. The van der Waals surface area contributed by atoms with Crippen LogP contribution in [0.4, 0.5) is 5.82 Å². The highest BCUT2D eigenvalue weighted by Crippen LogP contribution is 2.28. The van der Waals surface area contributed by atoms with E-state index in [2.05, 4.69) is 9.97 Å². The molecule has 0 atom stereocenters. The van der Waals surface area contributed by atoms with E-state index in [0.717, 1.165) is 11.1 Å². The molecule has 0 radical (unpaired) electrons. The summed E-state index contributed by atoms with van der Waals surface area (Å²) in [6, 6.07) is 5.74. The Morgan fingerprint density at radius 2 is 2.00 bits per heavy atom. The zero-order valence-corrected chi connectivity index (χ0v) is 11.6. The second-order valence-electron chi connectivity index (χ2n) is 3.99. The van der Waals surface area contributed by atoms with E-state index in [1.807, 2.05) is 18.2 Å². The molecule has 1 heterocycles. The van der Waals surface area contributed by atoms with Gasteiger partial charge in [0.1, 0.15) is 5.82 Å². The summed E-state index contributed by atoms with van der Waals surface area (Å²) in [6.45, 7) is 0.